The van der Waals surface area contributed by atoms with Gasteiger partial charge in [0.1, 0.15) is 5.54 Å². The molecule has 248 valence electrons. The van der Waals surface area contributed by atoms with Crippen LogP contribution in [0.25, 0.3) is 21.8 Å². The zero-order valence-corrected chi connectivity index (χ0v) is 28.3. The van der Waals surface area contributed by atoms with Crippen LogP contribution in [0.1, 0.15) is 93.6 Å². The minimum atomic E-state index is -0.612. The van der Waals surface area contributed by atoms with Crippen molar-refractivity contribution >= 4 is 21.8 Å². The van der Waals surface area contributed by atoms with Crippen LogP contribution in [0, 0.1) is 11.8 Å². The summed E-state index contributed by atoms with van der Waals surface area (Å²) in [5.74, 6) is 1.68. The first kappa shape index (κ1) is 31.9. The third-order valence-electron chi connectivity index (χ3n) is 12.2. The van der Waals surface area contributed by atoms with Crippen molar-refractivity contribution in [3.8, 4) is 0 Å². The van der Waals surface area contributed by atoms with Gasteiger partial charge in [-0.3, -0.25) is 0 Å². The number of aliphatic hydroxyl groups excluding tert-OH is 2. The van der Waals surface area contributed by atoms with Crippen molar-refractivity contribution < 1.29 is 10.2 Å². The monoisotopic (exact) mass is 624 g/mol. The van der Waals surface area contributed by atoms with Crippen LogP contribution in [0.5, 0.6) is 0 Å². The number of para-hydroxylation sites is 2. The number of likely N-dealkylation sites (tertiary alicyclic amines) is 2. The van der Waals surface area contributed by atoms with Crippen molar-refractivity contribution in [2.75, 3.05) is 52.5 Å². The van der Waals surface area contributed by atoms with Crippen LogP contribution in [-0.4, -0.2) is 82.0 Å². The Balaban J connectivity index is 1.32. The van der Waals surface area contributed by atoms with Gasteiger partial charge in [-0.2, -0.15) is 0 Å². The van der Waals surface area contributed by atoms with E-state index in [0.29, 0.717) is 0 Å². The van der Waals surface area contributed by atoms with E-state index in [4.69, 9.17) is 0 Å². The predicted octanol–water partition coefficient (Wildman–Crippen LogP) is 7.06. The molecule has 0 bridgehead atoms. The normalized spacial score (nSPS) is 26.2. The number of hydrogen-bond acceptors (Lipinski definition) is 4. The highest BCUT2D eigenvalue weighted by molar-refractivity contribution is 5.88. The largest absolute Gasteiger partial charge is 0.396 e. The van der Waals surface area contributed by atoms with Crippen LogP contribution in [-0.2, 0) is 18.4 Å². The van der Waals surface area contributed by atoms with Crippen molar-refractivity contribution in [1.29, 1.82) is 0 Å². The summed E-state index contributed by atoms with van der Waals surface area (Å²) in [6, 6.07) is 17.6. The van der Waals surface area contributed by atoms with Gasteiger partial charge >= 0.3 is 0 Å². The van der Waals surface area contributed by atoms with Gasteiger partial charge in [0.15, 0.2) is 0 Å². The molecule has 2 aromatic heterocycles. The van der Waals surface area contributed by atoms with Crippen molar-refractivity contribution in [2.45, 2.75) is 89.5 Å². The van der Waals surface area contributed by atoms with Gasteiger partial charge < -0.3 is 29.6 Å². The molecule has 0 radical (unpaired) electrons. The zero-order chi connectivity index (χ0) is 31.7. The molecular formula is C40H56N4O2. The van der Waals surface area contributed by atoms with Gasteiger partial charge in [0.05, 0.1) is 13.2 Å². The molecule has 2 aromatic carbocycles. The smallest absolute Gasteiger partial charge is 0.108 e. The Bertz CT molecular complexity index is 1620. The summed E-state index contributed by atoms with van der Waals surface area (Å²) in [7, 11) is 0. The van der Waals surface area contributed by atoms with Gasteiger partial charge in [-0.1, -0.05) is 63.1 Å². The average Bonchev–Trinajstić information content (AvgIpc) is 3.66. The van der Waals surface area contributed by atoms with Crippen LogP contribution in [0.4, 0.5) is 0 Å². The molecule has 0 aliphatic carbocycles. The van der Waals surface area contributed by atoms with Gasteiger partial charge in [0, 0.05) is 65.3 Å². The van der Waals surface area contributed by atoms with Crippen molar-refractivity contribution in [3.63, 3.8) is 0 Å². The second-order valence-electron chi connectivity index (χ2n) is 14.8. The lowest BCUT2D eigenvalue weighted by atomic mass is 9.78. The zero-order valence-electron chi connectivity index (χ0n) is 28.3. The lowest BCUT2D eigenvalue weighted by molar-refractivity contribution is 0.121. The minimum Gasteiger partial charge on any atom is -0.396 e. The van der Waals surface area contributed by atoms with Crippen LogP contribution >= 0.6 is 0 Å². The number of nitrogens with zero attached hydrogens (tertiary/aromatic N) is 3. The predicted molar refractivity (Wildman–Crippen MR) is 190 cm³/mol. The van der Waals surface area contributed by atoms with Gasteiger partial charge in [0.25, 0.3) is 0 Å². The Labute approximate surface area is 275 Å². The summed E-state index contributed by atoms with van der Waals surface area (Å²) < 4.78 is 2.50. The van der Waals surface area contributed by atoms with E-state index < -0.39 is 5.54 Å². The van der Waals surface area contributed by atoms with Gasteiger partial charge in [-0.05, 0) is 99.6 Å². The van der Waals surface area contributed by atoms with Crippen molar-refractivity contribution in [2.24, 2.45) is 11.8 Å². The molecule has 0 spiro atoms. The first-order valence-electron chi connectivity index (χ1n) is 18.5. The molecule has 6 heteroatoms. The van der Waals surface area contributed by atoms with Gasteiger partial charge in [-0.15, -0.1) is 0 Å². The van der Waals surface area contributed by atoms with E-state index in [1.165, 1.54) is 104 Å². The van der Waals surface area contributed by atoms with Crippen molar-refractivity contribution in [1.82, 2.24) is 19.4 Å². The topological polar surface area (TPSA) is 67.7 Å². The molecule has 0 amide bonds. The lowest BCUT2D eigenvalue weighted by Crippen LogP contribution is -2.45. The molecule has 6 nitrogen and oxygen atoms in total. The summed E-state index contributed by atoms with van der Waals surface area (Å²) in [4.78, 5) is 9.26. The van der Waals surface area contributed by atoms with E-state index in [0.717, 1.165) is 56.1 Å². The fraction of sp³-hybridized carbons (Fsp3) is 0.600. The minimum absolute atomic E-state index is 0.0298. The molecule has 4 atom stereocenters. The molecule has 5 heterocycles. The number of nitrogens with one attached hydrogen (secondary N) is 1. The molecule has 46 heavy (non-hydrogen) atoms. The first-order valence-corrected chi connectivity index (χ1v) is 18.5. The fourth-order valence-electron chi connectivity index (χ4n) is 9.56. The second-order valence-corrected chi connectivity index (χ2v) is 14.8. The van der Waals surface area contributed by atoms with Crippen molar-refractivity contribution in [3.05, 3.63) is 71.0 Å². The Morgan fingerprint density at radius 3 is 2.07 bits per heavy atom. The SMILES string of the molecule is CCC1CCCN(CCc2c([C@@]3(CO)CC[C@@H](CO)c4c(CCN5CCCC(CC)C5)c5ccccc5n43)[nH]c3ccccc23)C1. The Morgan fingerprint density at radius 1 is 0.783 bits per heavy atom. The summed E-state index contributed by atoms with van der Waals surface area (Å²) in [6.45, 7) is 11.7. The number of rotatable bonds is 11. The van der Waals surface area contributed by atoms with E-state index >= 15 is 0 Å². The number of piperidine rings is 2. The van der Waals surface area contributed by atoms with E-state index in [2.05, 4.69) is 81.7 Å². The second kappa shape index (κ2) is 13.8. The highest BCUT2D eigenvalue weighted by atomic mass is 16.3. The van der Waals surface area contributed by atoms with Crippen LogP contribution < -0.4 is 0 Å². The highest BCUT2D eigenvalue weighted by Crippen LogP contribution is 2.49. The number of H-pyrrole nitrogens is 1. The molecule has 3 N–H and O–H groups in total. The Kier molecular flexibility index (Phi) is 9.61. The fourth-order valence-corrected chi connectivity index (χ4v) is 9.56. The first-order chi connectivity index (χ1) is 22.6. The summed E-state index contributed by atoms with van der Waals surface area (Å²) in [5, 5.41) is 25.1. The summed E-state index contributed by atoms with van der Waals surface area (Å²) in [6.07, 6.45) is 11.4. The molecule has 3 aliphatic rings. The molecular weight excluding hydrogens is 568 g/mol. The lowest BCUT2D eigenvalue weighted by Gasteiger charge is -2.43. The maximum atomic E-state index is 11.7. The Hall–Kier alpha value is -2.64. The van der Waals surface area contributed by atoms with E-state index in [-0.39, 0.29) is 19.1 Å². The summed E-state index contributed by atoms with van der Waals surface area (Å²) in [5.41, 5.74) is 6.89. The number of aromatic amines is 1. The molecule has 2 saturated heterocycles. The maximum absolute atomic E-state index is 11.7. The van der Waals surface area contributed by atoms with Gasteiger partial charge in [0.2, 0.25) is 0 Å². The van der Waals surface area contributed by atoms with Gasteiger partial charge in [-0.25, -0.2) is 0 Å². The number of hydrogen-bond donors (Lipinski definition) is 3. The molecule has 2 fully saturated rings. The standard InChI is InChI=1S/C40H56N4O2/c1-3-29-11-9-21-42(25-29)23-18-34-33-14-6-8-16-37(33)44-38(34)31(27-45)17-20-40(44,28-46)39-35(32-13-5-7-15-36(32)41-39)19-24-43-22-10-12-30(4-2)26-43/h5-8,13-16,29-31,41,45-46H,3-4,9-12,17-28H2,1-2H3/t29?,30?,31-,40-/m0/s1. The summed E-state index contributed by atoms with van der Waals surface area (Å²) >= 11 is 0. The number of fused-ring (bicyclic) bond motifs is 4. The van der Waals surface area contributed by atoms with E-state index in [1.54, 1.807) is 0 Å². The molecule has 3 aliphatic heterocycles. The van der Waals surface area contributed by atoms with Crippen LogP contribution in [0.3, 0.4) is 0 Å². The van der Waals surface area contributed by atoms with E-state index in [9.17, 15) is 10.2 Å². The quantitative estimate of drug-likeness (QED) is 0.167. The number of aliphatic hydroxyl groups is 2. The van der Waals surface area contributed by atoms with Crippen LogP contribution in [0.15, 0.2) is 48.5 Å². The van der Waals surface area contributed by atoms with Crippen LogP contribution in [0.2, 0.25) is 0 Å². The Morgan fingerprint density at radius 2 is 1.41 bits per heavy atom. The van der Waals surface area contributed by atoms with E-state index in [1.807, 2.05) is 0 Å². The number of aromatic nitrogens is 2. The molecule has 0 saturated carbocycles. The molecule has 4 aromatic rings. The number of benzene rings is 2. The molecule has 2 unspecified atom stereocenters. The highest BCUT2D eigenvalue weighted by Gasteiger charge is 2.45. The average molecular weight is 625 g/mol. The molecule has 7 rings (SSSR count). The third-order valence-corrected chi connectivity index (χ3v) is 12.2. The maximum Gasteiger partial charge on any atom is 0.108 e. The third kappa shape index (κ3) is 5.74.